The zero-order chi connectivity index (χ0) is 15.8. The van der Waals surface area contributed by atoms with Gasteiger partial charge in [0.1, 0.15) is 11.5 Å². The van der Waals surface area contributed by atoms with E-state index in [9.17, 15) is 8.78 Å². The fraction of sp³-hybridized carbons (Fsp3) is 0. The standard InChI is InChI=1S/C16H9F2N5/c17-12-3-1-10(2-4-12)15-14(11-5-6-19-13(18)9-11)16-21-20-7-8-23(16)22-15/h1-9H. The smallest absolute Gasteiger partial charge is 0.213 e. The van der Waals surface area contributed by atoms with E-state index in [0.717, 1.165) is 0 Å². The van der Waals surface area contributed by atoms with Crippen LogP contribution in [0.3, 0.4) is 0 Å². The van der Waals surface area contributed by atoms with Crippen LogP contribution in [0.5, 0.6) is 0 Å². The first-order valence-corrected chi connectivity index (χ1v) is 6.80. The van der Waals surface area contributed by atoms with Crippen LogP contribution >= 0.6 is 0 Å². The number of halogens is 2. The lowest BCUT2D eigenvalue weighted by Gasteiger charge is -2.03. The van der Waals surface area contributed by atoms with Gasteiger partial charge >= 0.3 is 0 Å². The summed E-state index contributed by atoms with van der Waals surface area (Å²) in [7, 11) is 0. The van der Waals surface area contributed by atoms with Gasteiger partial charge < -0.3 is 0 Å². The van der Waals surface area contributed by atoms with Crippen molar-refractivity contribution in [2.24, 2.45) is 0 Å². The Balaban J connectivity index is 2.04. The summed E-state index contributed by atoms with van der Waals surface area (Å²) in [5.74, 6) is -0.940. The van der Waals surface area contributed by atoms with Crippen molar-refractivity contribution in [1.29, 1.82) is 0 Å². The molecular formula is C16H9F2N5. The van der Waals surface area contributed by atoms with Crippen molar-refractivity contribution in [3.05, 3.63) is 66.8 Å². The van der Waals surface area contributed by atoms with Crippen molar-refractivity contribution in [2.75, 3.05) is 0 Å². The highest BCUT2D eigenvalue weighted by Crippen LogP contribution is 2.34. The molecule has 0 aliphatic heterocycles. The molecular weight excluding hydrogens is 300 g/mol. The van der Waals surface area contributed by atoms with E-state index in [1.165, 1.54) is 30.6 Å². The normalized spacial score (nSPS) is 11.0. The molecule has 1 aromatic carbocycles. The molecule has 5 nitrogen and oxygen atoms in total. The Kier molecular flexibility index (Phi) is 3.04. The van der Waals surface area contributed by atoms with E-state index in [2.05, 4.69) is 20.3 Å². The Labute approximate surface area is 129 Å². The first kappa shape index (κ1) is 13.4. The average molecular weight is 309 g/mol. The molecule has 0 saturated carbocycles. The zero-order valence-corrected chi connectivity index (χ0v) is 11.7. The summed E-state index contributed by atoms with van der Waals surface area (Å²) >= 11 is 0. The van der Waals surface area contributed by atoms with E-state index < -0.39 is 5.95 Å². The molecule has 0 aliphatic carbocycles. The van der Waals surface area contributed by atoms with Gasteiger partial charge in [0.15, 0.2) is 5.65 Å². The maximum absolute atomic E-state index is 13.5. The second kappa shape index (κ2) is 5.20. The van der Waals surface area contributed by atoms with Gasteiger partial charge in [0, 0.05) is 17.8 Å². The number of hydrogen-bond donors (Lipinski definition) is 0. The van der Waals surface area contributed by atoms with Gasteiger partial charge in [0.25, 0.3) is 0 Å². The summed E-state index contributed by atoms with van der Waals surface area (Å²) < 4.78 is 28.3. The number of nitrogens with zero attached hydrogens (tertiary/aromatic N) is 5. The highest BCUT2D eigenvalue weighted by atomic mass is 19.1. The Bertz CT molecular complexity index is 995. The third-order valence-electron chi connectivity index (χ3n) is 3.45. The van der Waals surface area contributed by atoms with Gasteiger partial charge in [-0.15, -0.1) is 5.10 Å². The van der Waals surface area contributed by atoms with Crippen molar-refractivity contribution in [2.45, 2.75) is 0 Å². The number of pyridine rings is 1. The van der Waals surface area contributed by atoms with Crippen LogP contribution < -0.4 is 0 Å². The Hall–Kier alpha value is -3.22. The highest BCUT2D eigenvalue weighted by molar-refractivity contribution is 5.90. The average Bonchev–Trinajstić information content (AvgIpc) is 2.95. The minimum atomic E-state index is -0.601. The molecule has 0 N–H and O–H groups in total. The Morgan fingerprint density at radius 3 is 2.52 bits per heavy atom. The van der Waals surface area contributed by atoms with Gasteiger partial charge in [-0.05, 0) is 35.9 Å². The lowest BCUT2D eigenvalue weighted by molar-refractivity contribution is 0.584. The van der Waals surface area contributed by atoms with Crippen LogP contribution in [-0.2, 0) is 0 Å². The van der Waals surface area contributed by atoms with E-state index in [1.54, 1.807) is 28.9 Å². The van der Waals surface area contributed by atoms with Gasteiger partial charge in [-0.25, -0.2) is 13.9 Å². The van der Waals surface area contributed by atoms with Crippen LogP contribution in [0.2, 0.25) is 0 Å². The van der Waals surface area contributed by atoms with Gasteiger partial charge in [0.05, 0.1) is 18.0 Å². The molecule has 0 aliphatic rings. The van der Waals surface area contributed by atoms with Crippen LogP contribution in [0, 0.1) is 11.8 Å². The molecule has 7 heteroatoms. The Morgan fingerprint density at radius 2 is 1.74 bits per heavy atom. The summed E-state index contributed by atoms with van der Waals surface area (Å²) in [6.07, 6.45) is 4.53. The fourth-order valence-electron chi connectivity index (χ4n) is 2.44. The number of fused-ring (bicyclic) bond motifs is 1. The van der Waals surface area contributed by atoms with Crippen LogP contribution in [0.1, 0.15) is 0 Å². The van der Waals surface area contributed by atoms with Gasteiger partial charge in [-0.3, -0.25) is 0 Å². The molecule has 0 radical (unpaired) electrons. The third kappa shape index (κ3) is 2.32. The highest BCUT2D eigenvalue weighted by Gasteiger charge is 2.18. The van der Waals surface area contributed by atoms with Crippen LogP contribution in [0.25, 0.3) is 28.0 Å². The molecule has 112 valence electrons. The van der Waals surface area contributed by atoms with E-state index in [4.69, 9.17) is 0 Å². The van der Waals surface area contributed by atoms with E-state index in [-0.39, 0.29) is 5.82 Å². The first-order chi connectivity index (χ1) is 11.2. The molecule has 0 saturated heterocycles. The third-order valence-corrected chi connectivity index (χ3v) is 3.45. The summed E-state index contributed by atoms with van der Waals surface area (Å²) in [6, 6.07) is 8.90. The molecule has 0 spiro atoms. The van der Waals surface area contributed by atoms with Crippen molar-refractivity contribution < 1.29 is 8.78 Å². The molecule has 4 rings (SSSR count). The van der Waals surface area contributed by atoms with Gasteiger partial charge in [-0.2, -0.15) is 14.6 Å². The molecule has 0 amide bonds. The summed E-state index contributed by atoms with van der Waals surface area (Å²) in [5, 5.41) is 12.4. The van der Waals surface area contributed by atoms with Crippen molar-refractivity contribution >= 4 is 5.65 Å². The molecule has 3 aromatic heterocycles. The van der Waals surface area contributed by atoms with E-state index in [0.29, 0.717) is 28.0 Å². The molecule has 3 heterocycles. The van der Waals surface area contributed by atoms with Crippen LogP contribution in [0.15, 0.2) is 55.0 Å². The lowest BCUT2D eigenvalue weighted by Crippen LogP contribution is -1.91. The van der Waals surface area contributed by atoms with Gasteiger partial charge in [0.2, 0.25) is 5.95 Å². The number of aromatic nitrogens is 5. The minimum Gasteiger partial charge on any atom is -0.228 e. The molecule has 0 bridgehead atoms. The predicted molar refractivity (Wildman–Crippen MR) is 79.4 cm³/mol. The summed E-state index contributed by atoms with van der Waals surface area (Å²) in [5.41, 5.74) is 2.94. The quantitative estimate of drug-likeness (QED) is 0.534. The Morgan fingerprint density at radius 1 is 0.913 bits per heavy atom. The SMILES string of the molecule is Fc1ccc(-c2nn3ccnnc3c2-c2ccnc(F)c2)cc1. The molecule has 4 aromatic rings. The maximum atomic E-state index is 13.5. The second-order valence-electron chi connectivity index (χ2n) is 4.88. The topological polar surface area (TPSA) is 56.0 Å². The lowest BCUT2D eigenvalue weighted by atomic mass is 10.0. The maximum Gasteiger partial charge on any atom is 0.213 e. The molecule has 0 unspecified atom stereocenters. The monoisotopic (exact) mass is 309 g/mol. The number of hydrogen-bond acceptors (Lipinski definition) is 4. The van der Waals surface area contributed by atoms with Crippen LogP contribution in [-0.4, -0.2) is 24.8 Å². The van der Waals surface area contributed by atoms with E-state index >= 15 is 0 Å². The van der Waals surface area contributed by atoms with Gasteiger partial charge in [-0.1, -0.05) is 0 Å². The molecule has 23 heavy (non-hydrogen) atoms. The summed E-state index contributed by atoms with van der Waals surface area (Å²) in [4.78, 5) is 3.56. The van der Waals surface area contributed by atoms with Crippen molar-refractivity contribution in [1.82, 2.24) is 24.8 Å². The molecule has 0 atom stereocenters. The summed E-state index contributed by atoms with van der Waals surface area (Å²) in [6.45, 7) is 0. The number of benzene rings is 1. The number of rotatable bonds is 2. The zero-order valence-electron chi connectivity index (χ0n) is 11.7. The molecule has 0 fully saturated rings. The van der Waals surface area contributed by atoms with Crippen molar-refractivity contribution in [3.8, 4) is 22.4 Å². The largest absolute Gasteiger partial charge is 0.228 e. The first-order valence-electron chi connectivity index (χ1n) is 6.80. The van der Waals surface area contributed by atoms with Crippen LogP contribution in [0.4, 0.5) is 8.78 Å². The minimum absolute atomic E-state index is 0.339. The predicted octanol–water partition coefficient (Wildman–Crippen LogP) is 3.13. The fourth-order valence-corrected chi connectivity index (χ4v) is 2.44. The van der Waals surface area contributed by atoms with E-state index in [1.807, 2.05) is 0 Å². The van der Waals surface area contributed by atoms with Crippen molar-refractivity contribution in [3.63, 3.8) is 0 Å². The second-order valence-corrected chi connectivity index (χ2v) is 4.88.